The van der Waals surface area contributed by atoms with Crippen LogP contribution in [0.25, 0.3) is 0 Å². The van der Waals surface area contributed by atoms with Crippen LogP contribution in [0.1, 0.15) is 49.4 Å². The van der Waals surface area contributed by atoms with Crippen molar-refractivity contribution in [3.05, 3.63) is 16.5 Å². The van der Waals surface area contributed by atoms with Crippen LogP contribution in [0.2, 0.25) is 0 Å². The van der Waals surface area contributed by atoms with Crippen molar-refractivity contribution in [2.24, 2.45) is 11.7 Å². The van der Waals surface area contributed by atoms with Crippen LogP contribution in [0.4, 0.5) is 5.00 Å². The molecular formula is C15H24N2O3S. The molecule has 0 aliphatic carbocycles. The van der Waals surface area contributed by atoms with Crippen LogP contribution in [0.15, 0.2) is 6.07 Å². The molecule has 0 aliphatic heterocycles. The summed E-state index contributed by atoms with van der Waals surface area (Å²) >= 11 is 1.39. The van der Waals surface area contributed by atoms with Gasteiger partial charge in [-0.25, -0.2) is 4.79 Å². The van der Waals surface area contributed by atoms with Crippen molar-refractivity contribution in [2.45, 2.75) is 46.6 Å². The first-order chi connectivity index (χ1) is 9.88. The van der Waals surface area contributed by atoms with Crippen LogP contribution in [-0.2, 0) is 16.0 Å². The molecule has 1 unspecified atom stereocenters. The summed E-state index contributed by atoms with van der Waals surface area (Å²) in [6.45, 7) is 8.07. The molecule has 5 nitrogen and oxygen atoms in total. The Morgan fingerprint density at radius 2 is 2.05 bits per heavy atom. The quantitative estimate of drug-likeness (QED) is 0.759. The number of esters is 1. The van der Waals surface area contributed by atoms with Gasteiger partial charge in [-0.1, -0.05) is 20.8 Å². The molecule has 0 saturated carbocycles. The standard InChI is InChI=1S/C15H24N2O3S/c1-5-10-8-11(15(19)20-6-2)14(21-10)17-13(18)12(16)7-9(3)4/h8-9,12H,5-7,16H2,1-4H3,(H,17,18). The Morgan fingerprint density at radius 3 is 2.57 bits per heavy atom. The second-order valence-electron chi connectivity index (χ2n) is 5.25. The minimum atomic E-state index is -0.577. The van der Waals surface area contributed by atoms with Crippen LogP contribution in [-0.4, -0.2) is 24.5 Å². The number of hydrogen-bond acceptors (Lipinski definition) is 5. The molecule has 0 aliphatic rings. The predicted octanol–water partition coefficient (Wildman–Crippen LogP) is 2.80. The van der Waals surface area contributed by atoms with E-state index in [1.54, 1.807) is 13.0 Å². The fraction of sp³-hybridized carbons (Fsp3) is 0.600. The zero-order valence-corrected chi connectivity index (χ0v) is 13.9. The topological polar surface area (TPSA) is 81.4 Å². The molecule has 0 fully saturated rings. The Morgan fingerprint density at radius 1 is 1.38 bits per heavy atom. The Hall–Kier alpha value is -1.40. The van der Waals surface area contributed by atoms with Gasteiger partial charge in [0.2, 0.25) is 5.91 Å². The summed E-state index contributed by atoms with van der Waals surface area (Å²) in [5.41, 5.74) is 6.27. The Labute approximate surface area is 129 Å². The molecule has 1 rings (SSSR count). The van der Waals surface area contributed by atoms with Gasteiger partial charge in [0.05, 0.1) is 18.2 Å². The van der Waals surface area contributed by atoms with Gasteiger partial charge in [0.25, 0.3) is 0 Å². The average Bonchev–Trinajstić information content (AvgIpc) is 2.81. The largest absolute Gasteiger partial charge is 0.462 e. The minimum Gasteiger partial charge on any atom is -0.462 e. The van der Waals surface area contributed by atoms with Crippen molar-refractivity contribution < 1.29 is 14.3 Å². The SMILES string of the molecule is CCOC(=O)c1cc(CC)sc1NC(=O)C(N)CC(C)C. The molecule has 0 aromatic carbocycles. The highest BCUT2D eigenvalue weighted by Crippen LogP contribution is 2.29. The maximum absolute atomic E-state index is 12.1. The van der Waals surface area contributed by atoms with Crippen LogP contribution in [0, 0.1) is 5.92 Å². The second kappa shape index (κ2) is 8.14. The molecule has 1 atom stereocenters. The number of anilines is 1. The minimum absolute atomic E-state index is 0.265. The molecule has 1 aromatic rings. The van der Waals surface area contributed by atoms with Crippen molar-refractivity contribution in [1.82, 2.24) is 0 Å². The second-order valence-corrected chi connectivity index (χ2v) is 6.39. The fourth-order valence-electron chi connectivity index (χ4n) is 1.89. The lowest BCUT2D eigenvalue weighted by atomic mass is 10.0. The zero-order chi connectivity index (χ0) is 16.0. The highest BCUT2D eigenvalue weighted by Gasteiger charge is 2.21. The number of rotatable bonds is 7. The molecule has 0 spiro atoms. The van der Waals surface area contributed by atoms with E-state index in [-0.39, 0.29) is 5.91 Å². The molecule has 21 heavy (non-hydrogen) atoms. The first-order valence-corrected chi connectivity index (χ1v) is 8.06. The Bertz CT molecular complexity index is 497. The third-order valence-electron chi connectivity index (χ3n) is 2.93. The monoisotopic (exact) mass is 312 g/mol. The molecule has 1 amide bonds. The van der Waals surface area contributed by atoms with Crippen molar-refractivity contribution >= 4 is 28.2 Å². The van der Waals surface area contributed by atoms with Crippen LogP contribution >= 0.6 is 11.3 Å². The molecule has 0 bridgehead atoms. The van der Waals surface area contributed by atoms with Crippen LogP contribution in [0.5, 0.6) is 0 Å². The van der Waals surface area contributed by atoms with Crippen molar-refractivity contribution in [1.29, 1.82) is 0 Å². The van der Waals surface area contributed by atoms with E-state index in [1.165, 1.54) is 11.3 Å². The van der Waals surface area contributed by atoms with Crippen LogP contribution < -0.4 is 11.1 Å². The van der Waals surface area contributed by atoms with Gasteiger partial charge >= 0.3 is 5.97 Å². The number of thiophene rings is 1. The molecule has 6 heteroatoms. The Balaban J connectivity index is 2.88. The first kappa shape index (κ1) is 17.7. The molecule has 0 radical (unpaired) electrons. The summed E-state index contributed by atoms with van der Waals surface area (Å²) in [4.78, 5) is 25.0. The van der Waals surface area contributed by atoms with Gasteiger partial charge in [0.15, 0.2) is 0 Å². The summed E-state index contributed by atoms with van der Waals surface area (Å²) in [7, 11) is 0. The number of amides is 1. The third-order valence-corrected chi connectivity index (χ3v) is 4.12. The third kappa shape index (κ3) is 5.13. The lowest BCUT2D eigenvalue weighted by Crippen LogP contribution is -2.36. The number of ether oxygens (including phenoxy) is 1. The molecule has 3 N–H and O–H groups in total. The van der Waals surface area contributed by atoms with E-state index < -0.39 is 12.0 Å². The maximum atomic E-state index is 12.1. The first-order valence-electron chi connectivity index (χ1n) is 7.25. The van der Waals surface area contributed by atoms with Gasteiger partial charge in [0.1, 0.15) is 5.00 Å². The van der Waals surface area contributed by atoms with Crippen LogP contribution in [0.3, 0.4) is 0 Å². The highest BCUT2D eigenvalue weighted by atomic mass is 32.1. The van der Waals surface area contributed by atoms with Crippen molar-refractivity contribution in [2.75, 3.05) is 11.9 Å². The van der Waals surface area contributed by atoms with Gasteiger partial charge in [-0.2, -0.15) is 0 Å². The zero-order valence-electron chi connectivity index (χ0n) is 13.1. The number of carbonyl (C=O) groups excluding carboxylic acids is 2. The smallest absolute Gasteiger partial charge is 0.341 e. The van der Waals surface area contributed by atoms with E-state index >= 15 is 0 Å². The summed E-state index contributed by atoms with van der Waals surface area (Å²) in [6, 6.07) is 1.19. The van der Waals surface area contributed by atoms with E-state index in [9.17, 15) is 9.59 Å². The van der Waals surface area contributed by atoms with E-state index in [1.807, 2.05) is 20.8 Å². The van der Waals surface area contributed by atoms with Gasteiger partial charge in [-0.3, -0.25) is 4.79 Å². The predicted molar refractivity (Wildman–Crippen MR) is 85.7 cm³/mol. The van der Waals surface area contributed by atoms with E-state index in [0.29, 0.717) is 29.5 Å². The average molecular weight is 312 g/mol. The molecular weight excluding hydrogens is 288 g/mol. The van der Waals surface area contributed by atoms with E-state index in [2.05, 4.69) is 5.32 Å². The molecule has 0 saturated heterocycles. The van der Waals surface area contributed by atoms with Gasteiger partial charge in [-0.05, 0) is 31.7 Å². The maximum Gasteiger partial charge on any atom is 0.341 e. The van der Waals surface area contributed by atoms with E-state index in [0.717, 1.165) is 11.3 Å². The lowest BCUT2D eigenvalue weighted by Gasteiger charge is -2.14. The Kier molecular flexibility index (Phi) is 6.84. The van der Waals surface area contributed by atoms with Gasteiger partial charge < -0.3 is 15.8 Å². The highest BCUT2D eigenvalue weighted by molar-refractivity contribution is 7.16. The number of carbonyl (C=O) groups is 2. The van der Waals surface area contributed by atoms with E-state index in [4.69, 9.17) is 10.5 Å². The normalized spacial score (nSPS) is 12.3. The summed E-state index contributed by atoms with van der Waals surface area (Å²) < 4.78 is 5.02. The molecule has 118 valence electrons. The lowest BCUT2D eigenvalue weighted by molar-refractivity contribution is -0.117. The summed E-state index contributed by atoms with van der Waals surface area (Å²) in [5, 5.41) is 3.29. The number of nitrogens with two attached hydrogens (primary N) is 1. The van der Waals surface area contributed by atoms with Crippen molar-refractivity contribution in [3.8, 4) is 0 Å². The van der Waals surface area contributed by atoms with Crippen molar-refractivity contribution in [3.63, 3.8) is 0 Å². The molecule has 1 aromatic heterocycles. The number of aryl methyl sites for hydroxylation is 1. The molecule has 1 heterocycles. The number of hydrogen-bond donors (Lipinski definition) is 2. The van der Waals surface area contributed by atoms with Gasteiger partial charge in [-0.15, -0.1) is 11.3 Å². The van der Waals surface area contributed by atoms with Gasteiger partial charge in [0, 0.05) is 4.88 Å². The fourth-order valence-corrected chi connectivity index (χ4v) is 2.88. The summed E-state index contributed by atoms with van der Waals surface area (Å²) in [5.74, 6) is -0.343. The number of nitrogens with one attached hydrogen (secondary N) is 1. The summed E-state index contributed by atoms with van der Waals surface area (Å²) in [6.07, 6.45) is 1.40.